The second-order valence-corrected chi connectivity index (χ2v) is 11.0. The van der Waals surface area contributed by atoms with Gasteiger partial charge in [-0.25, -0.2) is 0 Å². The fraction of sp³-hybridized carbons (Fsp3) is 0. The Hall–Kier alpha value is -2.10. The smallest absolute Gasteiger partial charge is 0.400 e. The molecule has 0 fully saturated rings. The number of rotatable bonds is 7. The second kappa shape index (κ2) is 17.2. The summed E-state index contributed by atoms with van der Waals surface area (Å²) in [5.74, 6) is 0. The third-order valence-corrected chi connectivity index (χ3v) is 8.20. The third-order valence-electron chi connectivity index (χ3n) is 8.20. The number of nitrogens with zero attached hydrogens (tertiary/aromatic N) is 2. The van der Waals surface area contributed by atoms with E-state index in [2.05, 4.69) is 185 Å². The molecule has 48 heavy (non-hydrogen) atoms. The number of para-hydroxylation sites is 4. The summed E-state index contributed by atoms with van der Waals surface area (Å²) < 4.78 is 0. The second-order valence-electron chi connectivity index (χ2n) is 11.0. The molecule has 0 radical (unpaired) electrons. The molecule has 0 spiro atoms. The summed E-state index contributed by atoms with van der Waals surface area (Å²) in [6, 6.07) is 66.1. The molecule has 0 bridgehead atoms. The minimum Gasteiger partial charge on any atom is -0.400 e. The minimum atomic E-state index is 0. The van der Waals surface area contributed by atoms with Gasteiger partial charge in [0.25, 0.3) is 0 Å². The van der Waals surface area contributed by atoms with E-state index in [4.69, 9.17) is 0 Å². The van der Waals surface area contributed by atoms with Crippen molar-refractivity contribution in [3.8, 4) is 11.1 Å². The van der Waals surface area contributed by atoms with Crippen LogP contribution >= 0.6 is 13.5 Å². The average molecular weight is 781 g/mol. The van der Waals surface area contributed by atoms with E-state index >= 15 is 0 Å². The van der Waals surface area contributed by atoms with Gasteiger partial charge in [-0.15, -0.1) is 11.6 Å². The summed E-state index contributed by atoms with van der Waals surface area (Å²) in [7, 11) is 0. The molecule has 0 aliphatic carbocycles. The fourth-order valence-corrected chi connectivity index (χ4v) is 6.18. The van der Waals surface area contributed by atoms with Gasteiger partial charge in [0, 0.05) is 34.1 Å². The summed E-state index contributed by atoms with van der Waals surface area (Å²) in [4.78, 5) is 8.35. The van der Waals surface area contributed by atoms with Gasteiger partial charge in [-0.05, 0) is 66.7 Å². The van der Waals surface area contributed by atoms with Crippen molar-refractivity contribution in [2.24, 2.45) is 0 Å². The SMILES string of the molecule is S.[Rb+].[Rb+].[c-]1ccc2[nH]c3c(-c4cc(N(c5ccccc5)c5ccccc5)cc(N(c5ccccc5)c5ccccc5)c4)c[c-]cc3c2c1. The molecule has 0 saturated heterocycles. The zero-order chi connectivity index (χ0) is 30.0. The Balaban J connectivity index is 0.00000150. The number of nitrogens with one attached hydrogen (secondary N) is 1. The van der Waals surface area contributed by atoms with Gasteiger partial charge in [0.15, 0.2) is 0 Å². The molecule has 6 heteroatoms. The average Bonchev–Trinajstić information content (AvgIpc) is 3.49. The van der Waals surface area contributed by atoms with Crippen molar-refractivity contribution in [1.29, 1.82) is 0 Å². The van der Waals surface area contributed by atoms with Gasteiger partial charge in [0.1, 0.15) is 0 Å². The Kier molecular flexibility index (Phi) is 13.3. The van der Waals surface area contributed by atoms with Gasteiger partial charge in [-0.2, -0.15) is 60.7 Å². The summed E-state index contributed by atoms with van der Waals surface area (Å²) in [5.41, 5.74) is 10.8. The first kappa shape index (κ1) is 37.2. The largest absolute Gasteiger partial charge is 1.00 e. The van der Waals surface area contributed by atoms with Crippen LogP contribution in [0, 0.1) is 12.1 Å². The quantitative estimate of drug-likeness (QED) is 0.212. The fourth-order valence-electron chi connectivity index (χ4n) is 6.18. The first-order chi connectivity index (χ1) is 22.3. The molecule has 0 aliphatic rings. The summed E-state index contributed by atoms with van der Waals surface area (Å²) in [6.07, 6.45) is 0. The van der Waals surface area contributed by atoms with Crippen LogP contribution in [-0.4, -0.2) is 4.98 Å². The zero-order valence-corrected chi connectivity index (χ0v) is 37.9. The van der Waals surface area contributed by atoms with E-state index in [1.54, 1.807) is 0 Å². The number of aromatic amines is 1. The predicted octanol–water partition coefficient (Wildman–Crippen LogP) is 5.65. The van der Waals surface area contributed by atoms with Crippen molar-refractivity contribution >= 4 is 69.4 Å². The van der Waals surface area contributed by atoms with Gasteiger partial charge in [-0.3, -0.25) is 0 Å². The van der Waals surface area contributed by atoms with Crippen molar-refractivity contribution in [1.82, 2.24) is 4.98 Å². The minimum absolute atomic E-state index is 0. The van der Waals surface area contributed by atoms with Gasteiger partial charge < -0.3 is 14.8 Å². The molecule has 1 heterocycles. The molecule has 222 valence electrons. The number of benzene rings is 7. The number of anilines is 6. The number of hydrogen-bond donors (Lipinski definition) is 1. The van der Waals surface area contributed by atoms with Crippen molar-refractivity contribution in [2.45, 2.75) is 0 Å². The topological polar surface area (TPSA) is 22.3 Å². The molecule has 0 aliphatic heterocycles. The van der Waals surface area contributed by atoms with Crippen LogP contribution in [0.3, 0.4) is 0 Å². The summed E-state index contributed by atoms with van der Waals surface area (Å²) in [5, 5.41) is 2.28. The Morgan fingerprint density at radius 1 is 0.438 bits per heavy atom. The Bertz CT molecular complexity index is 2040. The van der Waals surface area contributed by atoms with Crippen LogP contribution < -0.4 is 126 Å². The molecule has 7 aromatic carbocycles. The van der Waals surface area contributed by atoms with Gasteiger partial charge in [0.2, 0.25) is 0 Å². The molecule has 0 amide bonds. The van der Waals surface area contributed by atoms with E-state index < -0.39 is 0 Å². The Morgan fingerprint density at radius 3 is 1.33 bits per heavy atom. The van der Waals surface area contributed by atoms with Crippen LogP contribution in [0.2, 0.25) is 0 Å². The predicted molar refractivity (Wildman–Crippen MR) is 199 cm³/mol. The molecule has 3 nitrogen and oxygen atoms in total. The maximum Gasteiger partial charge on any atom is 1.00 e. The van der Waals surface area contributed by atoms with E-state index in [1.165, 1.54) is 0 Å². The maximum absolute atomic E-state index is 3.70. The van der Waals surface area contributed by atoms with E-state index in [9.17, 15) is 0 Å². The zero-order valence-electron chi connectivity index (χ0n) is 27.1. The first-order valence-electron chi connectivity index (χ1n) is 15.1. The molecule has 0 atom stereocenters. The molecule has 1 aromatic heterocycles. The third kappa shape index (κ3) is 7.63. The normalized spacial score (nSPS) is 10.4. The number of hydrogen-bond acceptors (Lipinski definition) is 2. The Morgan fingerprint density at radius 2 is 0.875 bits per heavy atom. The first-order valence-corrected chi connectivity index (χ1v) is 15.1. The van der Waals surface area contributed by atoms with Crippen molar-refractivity contribution < 1.29 is 116 Å². The number of aromatic nitrogens is 1. The van der Waals surface area contributed by atoms with E-state index in [0.29, 0.717) is 0 Å². The molecular weight excluding hydrogens is 749 g/mol. The molecule has 1 N–H and O–H groups in total. The standard InChI is InChI=1S/C42H29N3.2Rb.H2S/c1-5-16-32(17-6-1)44(33-18-7-2-8-19-33)36-28-31(38-25-15-26-40-39-24-13-14-27-41(39)43-42(38)40)29-37(30-36)45(34-20-9-3-10-21-34)35-22-11-4-12-23-35;;;/h1-12,14,16-30,43H;;;1H2/q-2;2*+1;. The molecule has 0 saturated carbocycles. The molecular formula is C42H31N3Rb2S. The van der Waals surface area contributed by atoms with Gasteiger partial charge in [0.05, 0.1) is 0 Å². The number of H-pyrrole nitrogens is 1. The van der Waals surface area contributed by atoms with Gasteiger partial charge in [-0.1, -0.05) is 89.4 Å². The van der Waals surface area contributed by atoms with Crippen LogP contribution in [0.25, 0.3) is 32.9 Å². The van der Waals surface area contributed by atoms with Crippen LogP contribution in [0.1, 0.15) is 0 Å². The van der Waals surface area contributed by atoms with Gasteiger partial charge >= 0.3 is 116 Å². The molecule has 8 aromatic rings. The van der Waals surface area contributed by atoms with Crippen molar-refractivity contribution in [3.05, 3.63) is 182 Å². The van der Waals surface area contributed by atoms with Crippen LogP contribution in [0.15, 0.2) is 170 Å². The maximum atomic E-state index is 3.70. The monoisotopic (exact) mass is 779 g/mol. The van der Waals surface area contributed by atoms with Crippen molar-refractivity contribution in [3.63, 3.8) is 0 Å². The molecule has 8 rings (SSSR count). The van der Waals surface area contributed by atoms with Crippen LogP contribution in [0.4, 0.5) is 34.1 Å². The summed E-state index contributed by atoms with van der Waals surface area (Å²) >= 11 is 0. The van der Waals surface area contributed by atoms with Crippen LogP contribution in [0.5, 0.6) is 0 Å². The number of fused-ring (bicyclic) bond motifs is 3. The van der Waals surface area contributed by atoms with E-state index in [-0.39, 0.29) is 130 Å². The van der Waals surface area contributed by atoms with E-state index in [0.717, 1.165) is 67.1 Å². The molecule has 0 unspecified atom stereocenters. The Labute approximate surface area is 387 Å². The van der Waals surface area contributed by atoms with Crippen molar-refractivity contribution in [2.75, 3.05) is 9.80 Å². The van der Waals surface area contributed by atoms with E-state index in [1.807, 2.05) is 12.1 Å². The summed E-state index contributed by atoms with van der Waals surface area (Å²) in [6.45, 7) is 0. The van der Waals surface area contributed by atoms with Crippen LogP contribution in [-0.2, 0) is 0 Å².